The van der Waals surface area contributed by atoms with Crippen LogP contribution in [0.3, 0.4) is 0 Å². The summed E-state index contributed by atoms with van der Waals surface area (Å²) in [6, 6.07) is 4.55. The van der Waals surface area contributed by atoms with Crippen LogP contribution in [-0.4, -0.2) is 21.3 Å². The summed E-state index contributed by atoms with van der Waals surface area (Å²) in [5.74, 6) is 5.38. The molecule has 0 aliphatic rings. The molecule has 0 unspecified atom stereocenters. The Morgan fingerprint density at radius 1 is 1.39 bits per heavy atom. The van der Waals surface area contributed by atoms with Gasteiger partial charge in [-0.25, -0.2) is 9.37 Å². The summed E-state index contributed by atoms with van der Waals surface area (Å²) in [5, 5.41) is 8.69. The molecule has 1 N–H and O–H groups in total. The highest BCUT2D eigenvalue weighted by Crippen LogP contribution is 2.12. The van der Waals surface area contributed by atoms with Gasteiger partial charge < -0.3 is 9.67 Å². The summed E-state index contributed by atoms with van der Waals surface area (Å²) in [6.45, 7) is 0.614. The van der Waals surface area contributed by atoms with Crippen molar-refractivity contribution in [2.45, 2.75) is 13.0 Å². The van der Waals surface area contributed by atoms with E-state index in [0.717, 1.165) is 5.56 Å². The number of halogens is 1. The molecular weight excluding hydrogens is 231 g/mol. The number of rotatable bonds is 3. The van der Waals surface area contributed by atoms with Gasteiger partial charge in [-0.05, 0) is 17.7 Å². The lowest BCUT2D eigenvalue weighted by molar-refractivity contribution is 0.305. The fourth-order valence-corrected chi connectivity index (χ4v) is 1.59. The smallest absolute Gasteiger partial charge is 0.124 e. The summed E-state index contributed by atoms with van der Waals surface area (Å²) >= 11 is 0. The Morgan fingerprint density at radius 3 is 3.00 bits per heavy atom. The fourth-order valence-electron chi connectivity index (χ4n) is 1.59. The molecule has 18 heavy (non-hydrogen) atoms. The van der Waals surface area contributed by atoms with Gasteiger partial charge in [0, 0.05) is 30.9 Å². The number of hydrogen-bond donors (Lipinski definition) is 1. The minimum absolute atomic E-state index is 0.0131. The Labute approximate surface area is 105 Å². The zero-order chi connectivity index (χ0) is 12.8. The summed E-state index contributed by atoms with van der Waals surface area (Å²) in [6.07, 6.45) is 5.63. The molecule has 3 nitrogen and oxygen atoms in total. The Bertz CT molecular complexity index is 567. The first-order valence-corrected chi connectivity index (χ1v) is 5.63. The highest BCUT2D eigenvalue weighted by atomic mass is 19.1. The van der Waals surface area contributed by atoms with Crippen LogP contribution >= 0.6 is 0 Å². The summed E-state index contributed by atoms with van der Waals surface area (Å²) in [7, 11) is 0. The lowest BCUT2D eigenvalue weighted by Crippen LogP contribution is -1.99. The van der Waals surface area contributed by atoms with Gasteiger partial charge in [-0.15, -0.1) is 0 Å². The highest BCUT2D eigenvalue weighted by Gasteiger charge is 2.02. The topological polar surface area (TPSA) is 38.0 Å². The Morgan fingerprint density at radius 2 is 2.28 bits per heavy atom. The molecule has 1 aromatic heterocycles. The minimum Gasteiger partial charge on any atom is -0.395 e. The fraction of sp³-hybridized carbons (Fsp3) is 0.214. The van der Waals surface area contributed by atoms with Crippen molar-refractivity contribution < 1.29 is 9.50 Å². The van der Waals surface area contributed by atoms with Crippen LogP contribution < -0.4 is 0 Å². The average molecular weight is 244 g/mol. The quantitative estimate of drug-likeness (QED) is 0.836. The van der Waals surface area contributed by atoms with Crippen molar-refractivity contribution in [2.24, 2.45) is 0 Å². The zero-order valence-electron chi connectivity index (χ0n) is 9.81. The molecule has 1 aromatic carbocycles. The predicted molar refractivity (Wildman–Crippen MR) is 66.3 cm³/mol. The molecule has 1 heterocycles. The van der Waals surface area contributed by atoms with Gasteiger partial charge in [-0.1, -0.05) is 17.9 Å². The van der Waals surface area contributed by atoms with Crippen LogP contribution in [0.1, 0.15) is 17.5 Å². The van der Waals surface area contributed by atoms with Gasteiger partial charge in [0.2, 0.25) is 0 Å². The van der Waals surface area contributed by atoms with Crippen molar-refractivity contribution in [2.75, 3.05) is 6.61 Å². The SMILES string of the molecule is OCCC#Cc1cc(F)ccc1Cn1ccnc1. The van der Waals surface area contributed by atoms with Crippen LogP contribution in [0.15, 0.2) is 36.9 Å². The summed E-state index contributed by atoms with van der Waals surface area (Å²) in [5.41, 5.74) is 1.58. The van der Waals surface area contributed by atoms with Gasteiger partial charge in [0.15, 0.2) is 0 Å². The number of hydrogen-bond acceptors (Lipinski definition) is 2. The van der Waals surface area contributed by atoms with Gasteiger partial charge in [0.25, 0.3) is 0 Å². The number of aromatic nitrogens is 2. The molecule has 0 amide bonds. The predicted octanol–water partition coefficient (Wildman–Crippen LogP) is 1.80. The second kappa shape index (κ2) is 5.99. The van der Waals surface area contributed by atoms with E-state index in [9.17, 15) is 4.39 Å². The van der Waals surface area contributed by atoms with Gasteiger partial charge >= 0.3 is 0 Å². The van der Waals surface area contributed by atoms with E-state index in [1.165, 1.54) is 12.1 Å². The van der Waals surface area contributed by atoms with E-state index in [1.807, 2.05) is 10.8 Å². The van der Waals surface area contributed by atoms with E-state index in [2.05, 4.69) is 16.8 Å². The number of imidazole rings is 1. The van der Waals surface area contributed by atoms with E-state index in [1.54, 1.807) is 18.6 Å². The number of aliphatic hydroxyl groups excluding tert-OH is 1. The second-order valence-corrected chi connectivity index (χ2v) is 3.81. The first-order chi connectivity index (χ1) is 8.79. The van der Waals surface area contributed by atoms with Crippen molar-refractivity contribution in [1.29, 1.82) is 0 Å². The van der Waals surface area contributed by atoms with Crippen LogP contribution in [-0.2, 0) is 6.54 Å². The van der Waals surface area contributed by atoms with Crippen LogP contribution in [0.4, 0.5) is 4.39 Å². The van der Waals surface area contributed by atoms with Crippen LogP contribution in [0.25, 0.3) is 0 Å². The largest absolute Gasteiger partial charge is 0.395 e. The van der Waals surface area contributed by atoms with Crippen LogP contribution in [0, 0.1) is 17.7 Å². The van der Waals surface area contributed by atoms with Gasteiger partial charge in [0.1, 0.15) is 5.82 Å². The molecule has 0 atom stereocenters. The first kappa shape index (κ1) is 12.3. The molecule has 2 rings (SSSR count). The van der Waals surface area contributed by atoms with Gasteiger partial charge in [-0.2, -0.15) is 0 Å². The molecule has 0 bridgehead atoms. The standard InChI is InChI=1S/C14H13FN2O/c15-14-5-4-13(10-17-7-6-16-11-17)12(9-14)3-1-2-8-18/h4-7,9,11,18H,2,8,10H2. The monoisotopic (exact) mass is 244 g/mol. The third-order valence-electron chi connectivity index (χ3n) is 2.44. The van der Waals surface area contributed by atoms with Gasteiger partial charge in [0.05, 0.1) is 12.9 Å². The lowest BCUT2D eigenvalue weighted by atomic mass is 10.1. The molecule has 0 spiro atoms. The first-order valence-electron chi connectivity index (χ1n) is 5.63. The van der Waals surface area contributed by atoms with E-state index in [-0.39, 0.29) is 12.4 Å². The average Bonchev–Trinajstić information content (AvgIpc) is 2.86. The maximum Gasteiger partial charge on any atom is 0.124 e. The Kier molecular flexibility index (Phi) is 4.11. The van der Waals surface area contributed by atoms with Crippen LogP contribution in [0.2, 0.25) is 0 Å². The van der Waals surface area contributed by atoms with Crippen molar-refractivity contribution in [3.63, 3.8) is 0 Å². The molecular formula is C14H13FN2O. The molecule has 2 aromatic rings. The molecule has 92 valence electrons. The zero-order valence-corrected chi connectivity index (χ0v) is 9.81. The molecule has 0 aliphatic carbocycles. The number of nitrogens with zero attached hydrogens (tertiary/aromatic N) is 2. The molecule has 0 saturated heterocycles. The van der Waals surface area contributed by atoms with E-state index in [4.69, 9.17) is 5.11 Å². The molecule has 4 heteroatoms. The summed E-state index contributed by atoms with van der Waals surface area (Å²) < 4.78 is 15.1. The maximum atomic E-state index is 13.2. The van der Waals surface area contributed by atoms with Crippen molar-refractivity contribution in [3.05, 3.63) is 53.9 Å². The number of aliphatic hydroxyl groups is 1. The third kappa shape index (κ3) is 3.19. The van der Waals surface area contributed by atoms with Crippen molar-refractivity contribution in [1.82, 2.24) is 9.55 Å². The van der Waals surface area contributed by atoms with E-state index >= 15 is 0 Å². The Hall–Kier alpha value is -2.12. The third-order valence-corrected chi connectivity index (χ3v) is 2.44. The lowest BCUT2D eigenvalue weighted by Gasteiger charge is -2.05. The normalized spacial score (nSPS) is 9.89. The van der Waals surface area contributed by atoms with Crippen molar-refractivity contribution >= 4 is 0 Å². The van der Waals surface area contributed by atoms with E-state index < -0.39 is 0 Å². The number of benzene rings is 1. The Balaban J connectivity index is 2.26. The van der Waals surface area contributed by atoms with Crippen LogP contribution in [0.5, 0.6) is 0 Å². The molecule has 0 radical (unpaired) electrons. The molecule has 0 fully saturated rings. The second-order valence-electron chi connectivity index (χ2n) is 3.81. The highest BCUT2D eigenvalue weighted by molar-refractivity contribution is 5.41. The maximum absolute atomic E-state index is 13.2. The molecule has 0 aliphatic heterocycles. The minimum atomic E-state index is -0.308. The summed E-state index contributed by atoms with van der Waals surface area (Å²) in [4.78, 5) is 3.96. The van der Waals surface area contributed by atoms with E-state index in [0.29, 0.717) is 18.5 Å². The van der Waals surface area contributed by atoms with Crippen molar-refractivity contribution in [3.8, 4) is 11.8 Å². The molecule has 0 saturated carbocycles. The van der Waals surface area contributed by atoms with Gasteiger partial charge in [-0.3, -0.25) is 0 Å².